The van der Waals surface area contributed by atoms with Crippen molar-refractivity contribution >= 4 is 17.3 Å². The first-order chi connectivity index (χ1) is 8.91. The van der Waals surface area contributed by atoms with Gasteiger partial charge >= 0.3 is 5.97 Å². The summed E-state index contributed by atoms with van der Waals surface area (Å²) < 4.78 is 1.93. The Morgan fingerprint density at radius 2 is 2.11 bits per heavy atom. The molecule has 0 aliphatic carbocycles. The highest BCUT2D eigenvalue weighted by Gasteiger charge is 2.19. The zero-order valence-electron chi connectivity index (χ0n) is 11.7. The first-order valence-electron chi connectivity index (χ1n) is 6.32. The summed E-state index contributed by atoms with van der Waals surface area (Å²) >= 11 is 0. The molecule has 0 atom stereocenters. The molecular weight excluding hydrogens is 242 g/mol. The number of aromatic carboxylic acids is 1. The number of carboxylic acid groups (broad SMARTS) is 1. The van der Waals surface area contributed by atoms with Crippen molar-refractivity contribution in [3.8, 4) is 0 Å². The van der Waals surface area contributed by atoms with Crippen LogP contribution < -0.4 is 4.90 Å². The quantitative estimate of drug-likeness (QED) is 0.917. The second-order valence-electron chi connectivity index (χ2n) is 5.28. The van der Waals surface area contributed by atoms with Crippen LogP contribution >= 0.6 is 0 Å². The van der Waals surface area contributed by atoms with Crippen molar-refractivity contribution in [2.24, 2.45) is 5.92 Å². The first-order valence-corrected chi connectivity index (χ1v) is 6.32. The predicted molar refractivity (Wildman–Crippen MR) is 75.0 cm³/mol. The number of hydrogen-bond donors (Lipinski definition) is 1. The molecule has 1 N–H and O–H groups in total. The summed E-state index contributed by atoms with van der Waals surface area (Å²) in [5.41, 5.74) is 0.772. The second kappa shape index (κ2) is 4.91. The average molecular weight is 261 g/mol. The molecule has 2 rings (SSSR count). The van der Waals surface area contributed by atoms with Gasteiger partial charge in [0.15, 0.2) is 5.69 Å². The number of carbonyl (C=O) groups is 1. The van der Waals surface area contributed by atoms with Gasteiger partial charge in [-0.25, -0.2) is 9.78 Å². The lowest BCUT2D eigenvalue weighted by molar-refractivity contribution is 0.0693. The third kappa shape index (κ3) is 2.41. The van der Waals surface area contributed by atoms with E-state index in [2.05, 4.69) is 18.8 Å². The van der Waals surface area contributed by atoms with Crippen molar-refractivity contribution in [1.82, 2.24) is 9.38 Å². The molecule has 19 heavy (non-hydrogen) atoms. The van der Waals surface area contributed by atoms with Crippen LogP contribution in [-0.4, -0.2) is 34.6 Å². The normalized spacial score (nSPS) is 11.2. The fourth-order valence-corrected chi connectivity index (χ4v) is 2.20. The van der Waals surface area contributed by atoms with Crippen molar-refractivity contribution in [3.05, 3.63) is 29.7 Å². The molecule has 0 radical (unpaired) electrons. The Labute approximate surface area is 112 Å². The van der Waals surface area contributed by atoms with Crippen LogP contribution in [0.1, 0.15) is 30.2 Å². The number of hydrogen-bond acceptors (Lipinski definition) is 3. The summed E-state index contributed by atoms with van der Waals surface area (Å²) in [6.45, 7) is 4.19. The molecule has 2 aromatic rings. The molecule has 0 aromatic carbocycles. The largest absolute Gasteiger partial charge is 0.476 e. The van der Waals surface area contributed by atoms with E-state index >= 15 is 0 Å². The molecule has 0 saturated carbocycles. The van der Waals surface area contributed by atoms with E-state index in [1.807, 2.05) is 35.5 Å². The Bertz CT molecular complexity index is 614. The number of fused-ring (bicyclic) bond motifs is 1. The van der Waals surface area contributed by atoms with Crippen molar-refractivity contribution in [3.63, 3.8) is 0 Å². The SMILES string of the molecule is CC(C)Cc1nc(C(=O)O)c2cccc(N(C)C)n12. The standard InChI is InChI=1S/C14H19N3O2/c1-9(2)8-11-15-13(14(18)19)10-6-5-7-12(16(3)4)17(10)11/h5-7,9H,8H2,1-4H3,(H,18,19). The van der Waals surface area contributed by atoms with Gasteiger partial charge in [0.2, 0.25) is 0 Å². The van der Waals surface area contributed by atoms with Crippen LogP contribution in [-0.2, 0) is 6.42 Å². The summed E-state index contributed by atoms with van der Waals surface area (Å²) in [5.74, 6) is 1.17. The Kier molecular flexibility index (Phi) is 3.46. The molecule has 0 fully saturated rings. The monoisotopic (exact) mass is 261 g/mol. The molecule has 0 aliphatic heterocycles. The van der Waals surface area contributed by atoms with Crippen LogP contribution in [0.2, 0.25) is 0 Å². The highest BCUT2D eigenvalue weighted by molar-refractivity contribution is 5.94. The maximum atomic E-state index is 11.3. The van der Waals surface area contributed by atoms with Crippen LogP contribution in [0.5, 0.6) is 0 Å². The second-order valence-corrected chi connectivity index (χ2v) is 5.28. The summed E-state index contributed by atoms with van der Waals surface area (Å²) in [5, 5.41) is 9.27. The van der Waals surface area contributed by atoms with E-state index in [1.165, 1.54) is 0 Å². The number of anilines is 1. The van der Waals surface area contributed by atoms with Crippen molar-refractivity contribution in [1.29, 1.82) is 0 Å². The lowest BCUT2D eigenvalue weighted by Crippen LogP contribution is -2.14. The Hall–Kier alpha value is -2.04. The zero-order valence-corrected chi connectivity index (χ0v) is 11.7. The molecule has 0 spiro atoms. The van der Waals surface area contributed by atoms with Gasteiger partial charge in [0.1, 0.15) is 11.6 Å². The van der Waals surface area contributed by atoms with Crippen molar-refractivity contribution < 1.29 is 9.90 Å². The fourth-order valence-electron chi connectivity index (χ4n) is 2.20. The third-order valence-corrected chi connectivity index (χ3v) is 2.96. The minimum atomic E-state index is -0.983. The average Bonchev–Trinajstić information content (AvgIpc) is 2.67. The van der Waals surface area contributed by atoms with Gasteiger partial charge in [0.25, 0.3) is 0 Å². The maximum Gasteiger partial charge on any atom is 0.356 e. The van der Waals surface area contributed by atoms with Crippen molar-refractivity contribution in [2.75, 3.05) is 19.0 Å². The lowest BCUT2D eigenvalue weighted by Gasteiger charge is -2.16. The fraction of sp³-hybridized carbons (Fsp3) is 0.429. The van der Waals surface area contributed by atoms with Gasteiger partial charge in [-0.2, -0.15) is 0 Å². The number of imidazole rings is 1. The summed E-state index contributed by atoms with van der Waals surface area (Å²) in [4.78, 5) is 17.6. The first kappa shape index (κ1) is 13.4. The van der Waals surface area contributed by atoms with Gasteiger partial charge in [-0.05, 0) is 18.1 Å². The summed E-state index contributed by atoms with van der Waals surface area (Å²) in [7, 11) is 3.88. The van der Waals surface area contributed by atoms with Crippen LogP contribution in [0, 0.1) is 5.92 Å². The van der Waals surface area contributed by atoms with E-state index in [4.69, 9.17) is 0 Å². The van der Waals surface area contributed by atoms with E-state index in [1.54, 1.807) is 6.07 Å². The Morgan fingerprint density at radius 1 is 1.42 bits per heavy atom. The molecule has 0 saturated heterocycles. The molecular formula is C14H19N3O2. The van der Waals surface area contributed by atoms with Crippen LogP contribution in [0.3, 0.4) is 0 Å². The molecule has 0 amide bonds. The lowest BCUT2D eigenvalue weighted by atomic mass is 10.1. The van der Waals surface area contributed by atoms with Gasteiger partial charge in [-0.3, -0.25) is 4.40 Å². The van der Waals surface area contributed by atoms with Gasteiger partial charge in [0, 0.05) is 20.5 Å². The van der Waals surface area contributed by atoms with Gasteiger partial charge in [0.05, 0.1) is 5.52 Å². The molecule has 5 heteroatoms. The minimum Gasteiger partial charge on any atom is -0.476 e. The van der Waals surface area contributed by atoms with Crippen LogP contribution in [0.15, 0.2) is 18.2 Å². The smallest absolute Gasteiger partial charge is 0.356 e. The van der Waals surface area contributed by atoms with E-state index in [-0.39, 0.29) is 5.69 Å². The molecule has 102 valence electrons. The molecule has 0 aliphatic rings. The van der Waals surface area contributed by atoms with E-state index in [0.717, 1.165) is 18.1 Å². The molecule has 0 unspecified atom stereocenters. The number of rotatable bonds is 4. The highest BCUT2D eigenvalue weighted by Crippen LogP contribution is 2.22. The van der Waals surface area contributed by atoms with Gasteiger partial charge < -0.3 is 10.0 Å². The van der Waals surface area contributed by atoms with Gasteiger partial charge in [-0.15, -0.1) is 0 Å². The van der Waals surface area contributed by atoms with E-state index in [9.17, 15) is 9.90 Å². The van der Waals surface area contributed by atoms with Crippen molar-refractivity contribution in [2.45, 2.75) is 20.3 Å². The van der Waals surface area contributed by atoms with E-state index in [0.29, 0.717) is 11.4 Å². The van der Waals surface area contributed by atoms with Crippen LogP contribution in [0.25, 0.3) is 5.52 Å². The molecule has 2 heterocycles. The number of nitrogens with zero attached hydrogens (tertiary/aromatic N) is 3. The van der Waals surface area contributed by atoms with Crippen LogP contribution in [0.4, 0.5) is 5.82 Å². The predicted octanol–water partition coefficient (Wildman–Crippen LogP) is 2.30. The summed E-state index contributed by atoms with van der Waals surface area (Å²) in [6.07, 6.45) is 0.749. The van der Waals surface area contributed by atoms with E-state index < -0.39 is 5.97 Å². The molecule has 5 nitrogen and oxygen atoms in total. The Balaban J connectivity index is 2.75. The third-order valence-electron chi connectivity index (χ3n) is 2.96. The maximum absolute atomic E-state index is 11.3. The highest BCUT2D eigenvalue weighted by atomic mass is 16.4. The summed E-state index contributed by atoms with van der Waals surface area (Å²) in [6, 6.07) is 5.62. The van der Waals surface area contributed by atoms with Gasteiger partial charge in [-0.1, -0.05) is 19.9 Å². The zero-order chi connectivity index (χ0) is 14.2. The molecule has 2 aromatic heterocycles. The molecule has 0 bridgehead atoms. The number of carboxylic acids is 1. The Morgan fingerprint density at radius 3 is 2.63 bits per heavy atom. The minimum absolute atomic E-state index is 0.124. The number of pyridine rings is 1. The topological polar surface area (TPSA) is 57.8 Å². The number of aromatic nitrogens is 2.